The van der Waals surface area contributed by atoms with Gasteiger partial charge in [-0.1, -0.05) is 13.8 Å². The van der Waals surface area contributed by atoms with E-state index < -0.39 is 65.8 Å². The van der Waals surface area contributed by atoms with E-state index in [1.807, 2.05) is 0 Å². The molecule has 0 bridgehead atoms. The van der Waals surface area contributed by atoms with Gasteiger partial charge in [-0.25, -0.2) is 9.59 Å². The van der Waals surface area contributed by atoms with E-state index in [2.05, 4.69) is 0 Å². The maximum atomic E-state index is 13.4. The standard InChI is InChI=1S/C13H13F9O4/c1-5(2)7(9(25)26)6(8(23)24)3-4-10(14,15)11(16,17)12(18,19)13(20,21)22/h5H,3-4H2,1-2H3,(H,23,24)(H,25,26)/b7-6+. The number of alkyl halides is 9. The first-order valence-electron chi connectivity index (χ1n) is 6.71. The molecule has 0 aromatic heterocycles. The van der Waals surface area contributed by atoms with Crippen molar-refractivity contribution in [2.24, 2.45) is 5.92 Å². The Labute approximate surface area is 140 Å². The summed E-state index contributed by atoms with van der Waals surface area (Å²) in [6.45, 7) is 2.24. The number of hydrogen-bond acceptors (Lipinski definition) is 2. The van der Waals surface area contributed by atoms with Crippen LogP contribution in [0.1, 0.15) is 26.7 Å². The number of hydrogen-bond donors (Lipinski definition) is 2. The summed E-state index contributed by atoms with van der Waals surface area (Å²) in [5, 5.41) is 17.7. The minimum absolute atomic E-state index is 0.973. The van der Waals surface area contributed by atoms with Gasteiger partial charge in [0.1, 0.15) is 0 Å². The van der Waals surface area contributed by atoms with Crippen LogP contribution in [-0.2, 0) is 9.59 Å². The van der Waals surface area contributed by atoms with Gasteiger partial charge >= 0.3 is 35.9 Å². The van der Waals surface area contributed by atoms with Crippen LogP contribution in [0.5, 0.6) is 0 Å². The molecule has 0 aromatic rings. The molecule has 0 radical (unpaired) electrons. The smallest absolute Gasteiger partial charge is 0.460 e. The zero-order valence-electron chi connectivity index (χ0n) is 13.1. The first kappa shape index (κ1) is 24.1. The molecule has 0 saturated heterocycles. The van der Waals surface area contributed by atoms with Gasteiger partial charge in [0.25, 0.3) is 0 Å². The summed E-state index contributed by atoms with van der Waals surface area (Å²) in [6, 6.07) is 0. The number of rotatable bonds is 8. The predicted molar refractivity (Wildman–Crippen MR) is 67.3 cm³/mol. The van der Waals surface area contributed by atoms with Crippen molar-refractivity contribution < 1.29 is 59.3 Å². The molecule has 0 rings (SSSR count). The van der Waals surface area contributed by atoms with Gasteiger partial charge in [0.15, 0.2) is 0 Å². The first-order chi connectivity index (χ1) is 11.3. The largest absolute Gasteiger partial charge is 0.478 e. The van der Waals surface area contributed by atoms with E-state index in [0.717, 1.165) is 13.8 Å². The van der Waals surface area contributed by atoms with Crippen LogP contribution in [0.4, 0.5) is 39.5 Å². The SMILES string of the molecule is CC(C)/C(C(=O)O)=C(/CCC(F)(F)C(F)(F)C(F)(F)C(F)(F)F)C(=O)O. The van der Waals surface area contributed by atoms with E-state index in [-0.39, 0.29) is 0 Å². The Morgan fingerprint density at radius 1 is 0.808 bits per heavy atom. The van der Waals surface area contributed by atoms with Crippen molar-refractivity contribution in [3.8, 4) is 0 Å². The van der Waals surface area contributed by atoms with Gasteiger partial charge in [-0.3, -0.25) is 0 Å². The van der Waals surface area contributed by atoms with Crippen molar-refractivity contribution in [2.45, 2.75) is 50.6 Å². The minimum atomic E-state index is -7.09. The van der Waals surface area contributed by atoms with Crippen LogP contribution in [-0.4, -0.2) is 46.1 Å². The fourth-order valence-corrected chi connectivity index (χ4v) is 1.93. The first-order valence-corrected chi connectivity index (χ1v) is 6.71. The normalized spacial score (nSPS) is 15.1. The highest BCUT2D eigenvalue weighted by atomic mass is 19.4. The molecule has 0 spiro atoms. The summed E-state index contributed by atoms with van der Waals surface area (Å²) in [4.78, 5) is 22.0. The maximum absolute atomic E-state index is 13.4. The fraction of sp³-hybridized carbons (Fsp3) is 0.692. The Hall–Kier alpha value is -1.95. The molecule has 0 aliphatic heterocycles. The lowest BCUT2D eigenvalue weighted by Crippen LogP contribution is -2.60. The molecule has 152 valence electrons. The summed E-state index contributed by atoms with van der Waals surface area (Å²) in [6.07, 6.45) is -11.1. The molecule has 26 heavy (non-hydrogen) atoms. The van der Waals surface area contributed by atoms with Crippen LogP contribution in [0.25, 0.3) is 0 Å². The summed E-state index contributed by atoms with van der Waals surface area (Å²) >= 11 is 0. The van der Waals surface area contributed by atoms with Crippen molar-refractivity contribution in [2.75, 3.05) is 0 Å². The molecule has 0 saturated carbocycles. The summed E-state index contributed by atoms with van der Waals surface area (Å²) in [7, 11) is 0. The van der Waals surface area contributed by atoms with Crippen LogP contribution in [0.15, 0.2) is 11.1 Å². The van der Waals surface area contributed by atoms with Crippen LogP contribution < -0.4 is 0 Å². The molecule has 0 aromatic carbocycles. The van der Waals surface area contributed by atoms with Crippen LogP contribution in [0.2, 0.25) is 0 Å². The summed E-state index contributed by atoms with van der Waals surface area (Å²) in [5.74, 6) is -25.1. The lowest BCUT2D eigenvalue weighted by Gasteiger charge is -2.33. The molecule has 2 N–H and O–H groups in total. The Bertz CT molecular complexity index is 591. The monoisotopic (exact) mass is 404 g/mol. The molecule has 0 amide bonds. The van der Waals surface area contributed by atoms with Gasteiger partial charge in [0, 0.05) is 17.6 Å². The summed E-state index contributed by atoms with van der Waals surface area (Å²) < 4.78 is 115. The Kier molecular flexibility index (Phi) is 6.80. The van der Waals surface area contributed by atoms with E-state index in [9.17, 15) is 49.1 Å². The average molecular weight is 404 g/mol. The van der Waals surface area contributed by atoms with E-state index in [4.69, 9.17) is 10.2 Å². The molecular weight excluding hydrogens is 391 g/mol. The molecule has 0 unspecified atom stereocenters. The minimum Gasteiger partial charge on any atom is -0.478 e. The van der Waals surface area contributed by atoms with Crippen LogP contribution >= 0.6 is 0 Å². The number of halogens is 9. The van der Waals surface area contributed by atoms with Crippen LogP contribution in [0.3, 0.4) is 0 Å². The number of carboxylic acids is 2. The molecule has 4 nitrogen and oxygen atoms in total. The predicted octanol–water partition coefficient (Wildman–Crippen LogP) is 4.36. The maximum Gasteiger partial charge on any atom is 0.460 e. The third kappa shape index (κ3) is 4.41. The van der Waals surface area contributed by atoms with Crippen molar-refractivity contribution in [3.05, 3.63) is 11.1 Å². The third-order valence-corrected chi connectivity index (χ3v) is 3.29. The molecular formula is C13H13F9O4. The molecule has 13 heteroatoms. The second kappa shape index (κ2) is 7.35. The average Bonchev–Trinajstić information content (AvgIpc) is 2.39. The van der Waals surface area contributed by atoms with Crippen LogP contribution in [0, 0.1) is 5.92 Å². The van der Waals surface area contributed by atoms with E-state index >= 15 is 0 Å². The second-order valence-corrected chi connectivity index (χ2v) is 5.51. The van der Waals surface area contributed by atoms with Gasteiger partial charge in [0.2, 0.25) is 0 Å². The van der Waals surface area contributed by atoms with E-state index in [1.54, 1.807) is 0 Å². The molecule has 0 fully saturated rings. The van der Waals surface area contributed by atoms with Crippen molar-refractivity contribution in [1.82, 2.24) is 0 Å². The topological polar surface area (TPSA) is 74.6 Å². The lowest BCUT2D eigenvalue weighted by atomic mass is 9.91. The molecule has 0 aliphatic rings. The van der Waals surface area contributed by atoms with Gasteiger partial charge in [-0.05, 0) is 12.3 Å². The highest BCUT2D eigenvalue weighted by Crippen LogP contribution is 2.54. The Morgan fingerprint density at radius 2 is 1.23 bits per heavy atom. The third-order valence-electron chi connectivity index (χ3n) is 3.29. The van der Waals surface area contributed by atoms with Gasteiger partial charge in [0.05, 0.1) is 0 Å². The second-order valence-electron chi connectivity index (χ2n) is 5.51. The highest BCUT2D eigenvalue weighted by molar-refractivity contribution is 5.99. The van der Waals surface area contributed by atoms with Gasteiger partial charge in [-0.15, -0.1) is 0 Å². The number of carboxylic acid groups (broad SMARTS) is 2. The number of carbonyl (C=O) groups is 2. The Balaban J connectivity index is 5.92. The molecule has 0 atom stereocenters. The van der Waals surface area contributed by atoms with E-state index in [1.165, 1.54) is 0 Å². The zero-order valence-corrected chi connectivity index (χ0v) is 13.1. The molecule has 0 aliphatic carbocycles. The van der Waals surface area contributed by atoms with Gasteiger partial charge in [-0.2, -0.15) is 39.5 Å². The zero-order chi connectivity index (χ0) is 21.3. The quantitative estimate of drug-likeness (QED) is 0.466. The van der Waals surface area contributed by atoms with Gasteiger partial charge < -0.3 is 10.2 Å². The lowest BCUT2D eigenvalue weighted by molar-refractivity contribution is -0.396. The van der Waals surface area contributed by atoms with E-state index in [0.29, 0.717) is 0 Å². The summed E-state index contributed by atoms with van der Waals surface area (Å²) in [5.41, 5.74) is -2.28. The van der Waals surface area contributed by atoms with Crippen molar-refractivity contribution >= 4 is 11.9 Å². The number of aliphatic carboxylic acids is 2. The highest BCUT2D eigenvalue weighted by Gasteiger charge is 2.81. The fourth-order valence-electron chi connectivity index (χ4n) is 1.93. The van der Waals surface area contributed by atoms with Crippen molar-refractivity contribution in [3.63, 3.8) is 0 Å². The molecule has 0 heterocycles. The Morgan fingerprint density at radius 3 is 1.50 bits per heavy atom. The van der Waals surface area contributed by atoms with Crippen molar-refractivity contribution in [1.29, 1.82) is 0 Å².